The van der Waals surface area contributed by atoms with E-state index >= 15 is 0 Å². The van der Waals surface area contributed by atoms with Crippen LogP contribution in [0.2, 0.25) is 0 Å². The summed E-state index contributed by atoms with van der Waals surface area (Å²) in [5, 5.41) is 4.58. The van der Waals surface area contributed by atoms with Crippen molar-refractivity contribution < 1.29 is 9.15 Å². The molecule has 2 aromatic rings. The molecule has 6 heteroatoms. The number of rotatable bonds is 3. The van der Waals surface area contributed by atoms with Crippen molar-refractivity contribution in [3.63, 3.8) is 0 Å². The Morgan fingerprint density at radius 2 is 1.91 bits per heavy atom. The minimum atomic E-state index is 0.228. The van der Waals surface area contributed by atoms with Gasteiger partial charge in [-0.3, -0.25) is 4.90 Å². The minimum absolute atomic E-state index is 0.228. The Morgan fingerprint density at radius 1 is 1.22 bits per heavy atom. The van der Waals surface area contributed by atoms with Crippen LogP contribution >= 0.6 is 12.2 Å². The molecule has 1 aliphatic heterocycles. The smallest absolute Gasteiger partial charge is 0.288 e. The Bertz CT molecular complexity index is 732. The fraction of sp³-hybridized carbons (Fsp3) is 0.529. The maximum atomic E-state index is 5.72. The van der Waals surface area contributed by atoms with Crippen LogP contribution < -0.4 is 0 Å². The third kappa shape index (κ3) is 3.71. The van der Waals surface area contributed by atoms with Gasteiger partial charge in [0.25, 0.3) is 4.84 Å². The first-order valence-electron chi connectivity index (χ1n) is 7.94. The van der Waals surface area contributed by atoms with Gasteiger partial charge in [0.15, 0.2) is 0 Å². The van der Waals surface area contributed by atoms with Crippen LogP contribution in [0.25, 0.3) is 11.5 Å². The normalized spacial score (nSPS) is 22.4. The zero-order valence-electron chi connectivity index (χ0n) is 14.1. The van der Waals surface area contributed by atoms with Crippen molar-refractivity contribution in [1.82, 2.24) is 14.7 Å². The summed E-state index contributed by atoms with van der Waals surface area (Å²) in [5.41, 5.74) is 3.34. The lowest BCUT2D eigenvalue weighted by atomic mass is 10.1. The fourth-order valence-electron chi connectivity index (χ4n) is 2.95. The number of benzene rings is 1. The van der Waals surface area contributed by atoms with Crippen molar-refractivity contribution in [3.8, 4) is 11.5 Å². The van der Waals surface area contributed by atoms with Gasteiger partial charge in [0, 0.05) is 18.2 Å². The molecule has 0 spiro atoms. The molecular formula is C17H23N3O2S. The third-order valence-electron chi connectivity index (χ3n) is 4.13. The van der Waals surface area contributed by atoms with E-state index in [1.807, 2.05) is 0 Å². The van der Waals surface area contributed by atoms with Gasteiger partial charge < -0.3 is 9.15 Å². The molecule has 0 radical (unpaired) electrons. The quantitative estimate of drug-likeness (QED) is 0.804. The molecule has 0 saturated carbocycles. The molecule has 0 aliphatic carbocycles. The molecule has 1 aromatic heterocycles. The van der Waals surface area contributed by atoms with E-state index in [1.54, 1.807) is 4.68 Å². The SMILES string of the molecule is Cc1cc(C)cc(-c2nn(CN3CC(C)OCC3C)c(=S)o2)c1. The van der Waals surface area contributed by atoms with Gasteiger partial charge in [-0.1, -0.05) is 17.2 Å². The molecule has 2 unspecified atom stereocenters. The van der Waals surface area contributed by atoms with Crippen molar-refractivity contribution >= 4 is 12.2 Å². The summed E-state index contributed by atoms with van der Waals surface area (Å²) in [6, 6.07) is 6.61. The number of ether oxygens (including phenoxy) is 1. The first-order valence-corrected chi connectivity index (χ1v) is 8.35. The van der Waals surface area contributed by atoms with E-state index in [1.165, 1.54) is 11.1 Å². The molecule has 0 N–H and O–H groups in total. The minimum Gasteiger partial charge on any atom is -0.409 e. The number of aryl methyl sites for hydroxylation is 2. The van der Waals surface area contributed by atoms with Gasteiger partial charge in [-0.2, -0.15) is 0 Å². The molecule has 3 rings (SSSR count). The predicted octanol–water partition coefficient (Wildman–Crippen LogP) is 3.56. The van der Waals surface area contributed by atoms with E-state index < -0.39 is 0 Å². The van der Waals surface area contributed by atoms with E-state index in [2.05, 4.69) is 55.9 Å². The predicted molar refractivity (Wildman–Crippen MR) is 91.8 cm³/mol. The number of morpholine rings is 1. The van der Waals surface area contributed by atoms with E-state index in [9.17, 15) is 0 Å². The highest BCUT2D eigenvalue weighted by molar-refractivity contribution is 7.71. The highest BCUT2D eigenvalue weighted by Crippen LogP contribution is 2.21. The fourth-order valence-corrected chi connectivity index (χ4v) is 3.13. The molecule has 2 heterocycles. The molecule has 124 valence electrons. The maximum absolute atomic E-state index is 5.72. The van der Waals surface area contributed by atoms with Crippen LogP contribution in [0.1, 0.15) is 25.0 Å². The van der Waals surface area contributed by atoms with E-state index in [-0.39, 0.29) is 6.10 Å². The first kappa shape index (κ1) is 16.4. The van der Waals surface area contributed by atoms with Crippen LogP contribution in [0, 0.1) is 18.7 Å². The average Bonchev–Trinajstić information content (AvgIpc) is 2.83. The van der Waals surface area contributed by atoms with Crippen LogP contribution in [0.3, 0.4) is 0 Å². The number of hydrogen-bond donors (Lipinski definition) is 0. The largest absolute Gasteiger partial charge is 0.409 e. The lowest BCUT2D eigenvalue weighted by molar-refractivity contribution is -0.0626. The van der Waals surface area contributed by atoms with Crippen LogP contribution in [-0.4, -0.2) is 40.0 Å². The number of nitrogens with zero attached hydrogens (tertiary/aromatic N) is 3. The summed E-state index contributed by atoms with van der Waals surface area (Å²) in [5.74, 6) is 0.579. The van der Waals surface area contributed by atoms with Gasteiger partial charge in [0.05, 0.1) is 19.4 Å². The molecule has 0 amide bonds. The summed E-state index contributed by atoms with van der Waals surface area (Å²) in [6.45, 7) is 10.6. The molecule has 1 aromatic carbocycles. The Balaban J connectivity index is 1.85. The van der Waals surface area contributed by atoms with Crippen LogP contribution in [0.5, 0.6) is 0 Å². The van der Waals surface area contributed by atoms with Gasteiger partial charge in [-0.25, -0.2) is 4.68 Å². The summed E-state index contributed by atoms with van der Waals surface area (Å²) in [7, 11) is 0. The van der Waals surface area contributed by atoms with Crippen molar-refractivity contribution in [1.29, 1.82) is 0 Å². The molecule has 2 atom stereocenters. The zero-order valence-corrected chi connectivity index (χ0v) is 14.9. The standard InChI is InChI=1S/C17H23N3O2S/c1-11-5-12(2)7-15(6-11)16-18-20(17(23)22-16)10-19-8-14(4)21-9-13(19)3/h5-7,13-14H,8-10H2,1-4H3. The molecular weight excluding hydrogens is 310 g/mol. The monoisotopic (exact) mass is 333 g/mol. The number of aromatic nitrogens is 2. The lowest BCUT2D eigenvalue weighted by Crippen LogP contribution is -2.47. The van der Waals surface area contributed by atoms with Crippen LogP contribution in [-0.2, 0) is 11.4 Å². The summed E-state index contributed by atoms with van der Waals surface area (Å²) in [6.07, 6.45) is 0.228. The molecule has 1 fully saturated rings. The van der Waals surface area contributed by atoms with E-state index in [0.29, 0.717) is 23.4 Å². The second-order valence-corrected chi connectivity index (χ2v) is 6.80. The van der Waals surface area contributed by atoms with Crippen LogP contribution in [0.4, 0.5) is 0 Å². The summed E-state index contributed by atoms with van der Waals surface area (Å²) >= 11 is 5.35. The van der Waals surface area contributed by atoms with Gasteiger partial charge in [0.1, 0.15) is 0 Å². The Kier molecular flexibility index (Phi) is 4.66. The number of hydrogen-bond acceptors (Lipinski definition) is 5. The third-order valence-corrected chi connectivity index (χ3v) is 4.42. The molecule has 23 heavy (non-hydrogen) atoms. The van der Waals surface area contributed by atoms with Gasteiger partial charge >= 0.3 is 0 Å². The highest BCUT2D eigenvalue weighted by Gasteiger charge is 2.24. The Morgan fingerprint density at radius 3 is 2.61 bits per heavy atom. The van der Waals surface area contributed by atoms with Crippen LogP contribution in [0.15, 0.2) is 22.6 Å². The van der Waals surface area contributed by atoms with Gasteiger partial charge in [-0.05, 0) is 52.0 Å². The molecule has 0 bridgehead atoms. The van der Waals surface area contributed by atoms with Crippen molar-refractivity contribution in [2.24, 2.45) is 0 Å². The van der Waals surface area contributed by atoms with E-state index in [0.717, 1.165) is 18.7 Å². The summed E-state index contributed by atoms with van der Waals surface area (Å²) in [4.78, 5) is 2.73. The zero-order chi connectivity index (χ0) is 16.6. The van der Waals surface area contributed by atoms with Gasteiger partial charge in [0.2, 0.25) is 5.89 Å². The van der Waals surface area contributed by atoms with Crippen molar-refractivity contribution in [3.05, 3.63) is 34.2 Å². The van der Waals surface area contributed by atoms with Crippen molar-refractivity contribution in [2.45, 2.75) is 46.5 Å². The summed E-state index contributed by atoms with van der Waals surface area (Å²) < 4.78 is 13.2. The molecule has 5 nitrogen and oxygen atoms in total. The average molecular weight is 333 g/mol. The molecule has 1 saturated heterocycles. The van der Waals surface area contributed by atoms with Crippen molar-refractivity contribution in [2.75, 3.05) is 13.2 Å². The highest BCUT2D eigenvalue weighted by atomic mass is 32.1. The Hall–Kier alpha value is -1.50. The Labute approximate surface area is 141 Å². The maximum Gasteiger partial charge on any atom is 0.288 e. The second-order valence-electron chi connectivity index (χ2n) is 6.45. The van der Waals surface area contributed by atoms with E-state index in [4.69, 9.17) is 21.4 Å². The second kappa shape index (κ2) is 6.55. The van der Waals surface area contributed by atoms with Gasteiger partial charge in [-0.15, -0.1) is 5.10 Å². The first-order chi connectivity index (χ1) is 10.9. The molecule has 1 aliphatic rings. The lowest BCUT2D eigenvalue weighted by Gasteiger charge is -2.36. The topological polar surface area (TPSA) is 43.4 Å².